The molecule has 0 radical (unpaired) electrons. The number of thiazole rings is 1. The second kappa shape index (κ2) is 21.6. The Morgan fingerprint density at radius 3 is 2.05 bits per heavy atom. The second-order valence-corrected chi connectivity index (χ2v) is 16.5. The van der Waals surface area contributed by atoms with E-state index in [4.69, 9.17) is 23.7 Å². The molecule has 15 nitrogen and oxygen atoms in total. The summed E-state index contributed by atoms with van der Waals surface area (Å²) in [5, 5.41) is 16.3. The van der Waals surface area contributed by atoms with Crippen molar-refractivity contribution in [2.45, 2.75) is 91.6 Å². The third-order valence-corrected chi connectivity index (χ3v) is 9.66. The molecule has 1 fully saturated rings. The summed E-state index contributed by atoms with van der Waals surface area (Å²) in [5.41, 5.74) is 3.47. The molecule has 0 bridgehead atoms. The molecular weight excluding hydrogens is 731 g/mol. The summed E-state index contributed by atoms with van der Waals surface area (Å²) in [6.45, 7) is 17.0. The normalized spacial score (nSPS) is 17.1. The Balaban J connectivity index is 1.35. The van der Waals surface area contributed by atoms with Crippen LogP contribution in [-0.2, 0) is 38.1 Å². The lowest BCUT2D eigenvalue weighted by Gasteiger charge is -2.35. The Kier molecular flexibility index (Phi) is 17.9. The van der Waals surface area contributed by atoms with Crippen molar-refractivity contribution >= 4 is 35.2 Å². The van der Waals surface area contributed by atoms with Crippen LogP contribution in [0.3, 0.4) is 0 Å². The molecule has 0 aliphatic carbocycles. The number of ether oxygens (including phenoxy) is 5. The highest BCUT2D eigenvalue weighted by Crippen LogP contribution is 2.29. The number of rotatable bonds is 20. The number of nitrogens with zero attached hydrogens (tertiary/aromatic N) is 3. The molecule has 1 saturated heterocycles. The molecule has 1 aromatic carbocycles. The molecule has 2 aromatic rings. The smallest absolute Gasteiger partial charge is 0.410 e. The van der Waals surface area contributed by atoms with Gasteiger partial charge in [-0.05, 0) is 51.2 Å². The van der Waals surface area contributed by atoms with Crippen molar-refractivity contribution in [3.05, 3.63) is 41.0 Å². The standard InChI is InChI=1S/C39H61N5O10S/c1-26(28-10-12-29(13-11-28)33-27(2)40-25-55-33)41-35(47)31-22-30(45)23-44(31)36(48)34(38(3,4)5)42-32(46)24-53-21-20-52-19-18-51-17-16-50-15-14-43(9)37(49)54-39(6,7)8/h10-13,25-26,30-31,34,45H,14-24H2,1-9H3,(H,41,47)(H,42,46)/t26?,30-,31+,34?/m1/s1. The van der Waals surface area contributed by atoms with Gasteiger partial charge in [-0.1, -0.05) is 45.0 Å². The van der Waals surface area contributed by atoms with Crippen LogP contribution in [0, 0.1) is 12.3 Å². The molecule has 0 spiro atoms. The number of aromatic nitrogens is 1. The molecule has 1 aromatic heterocycles. The van der Waals surface area contributed by atoms with E-state index < -0.39 is 47.1 Å². The average molecular weight is 792 g/mol. The number of benzene rings is 1. The van der Waals surface area contributed by atoms with Crippen LogP contribution >= 0.6 is 11.3 Å². The van der Waals surface area contributed by atoms with Gasteiger partial charge in [0.1, 0.15) is 24.3 Å². The highest BCUT2D eigenvalue weighted by atomic mass is 32.1. The quantitative estimate of drug-likeness (QED) is 0.167. The fourth-order valence-corrected chi connectivity index (χ4v) is 6.49. The van der Waals surface area contributed by atoms with Crippen molar-refractivity contribution in [3.63, 3.8) is 0 Å². The minimum Gasteiger partial charge on any atom is -0.444 e. The number of β-amino-alcohol motifs (C(OH)–C–C–N with tert-alkyl or cyclic N) is 1. The van der Waals surface area contributed by atoms with Crippen LogP contribution in [0.25, 0.3) is 10.4 Å². The zero-order chi connectivity index (χ0) is 40.8. The van der Waals surface area contributed by atoms with Crippen LogP contribution in [0.4, 0.5) is 4.79 Å². The highest BCUT2D eigenvalue weighted by Gasteiger charge is 2.44. The number of carbonyl (C=O) groups excluding carboxylic acids is 4. The lowest BCUT2D eigenvalue weighted by molar-refractivity contribution is -0.144. The minimum absolute atomic E-state index is 0.0192. The third-order valence-electron chi connectivity index (χ3n) is 8.69. The van der Waals surface area contributed by atoms with E-state index in [9.17, 15) is 24.3 Å². The molecule has 1 aliphatic rings. The number of carbonyl (C=O) groups is 4. The fourth-order valence-electron chi connectivity index (χ4n) is 5.68. The van der Waals surface area contributed by atoms with E-state index in [1.54, 1.807) is 18.4 Å². The molecular formula is C39H61N5O10S. The number of likely N-dealkylation sites (tertiary alicyclic amines) is 1. The zero-order valence-corrected chi connectivity index (χ0v) is 34.7. The topological polar surface area (TPSA) is 178 Å². The lowest BCUT2D eigenvalue weighted by atomic mass is 9.85. The highest BCUT2D eigenvalue weighted by molar-refractivity contribution is 7.13. The van der Waals surface area contributed by atoms with E-state index in [1.807, 2.05) is 85.2 Å². The Bertz CT molecular complexity index is 1520. The van der Waals surface area contributed by atoms with Gasteiger partial charge in [-0.25, -0.2) is 9.78 Å². The first-order valence-corrected chi connectivity index (χ1v) is 19.6. The lowest BCUT2D eigenvalue weighted by Crippen LogP contribution is -2.58. The van der Waals surface area contributed by atoms with Gasteiger partial charge >= 0.3 is 6.09 Å². The number of likely N-dealkylation sites (N-methyl/N-ethyl adjacent to an activating group) is 1. The van der Waals surface area contributed by atoms with Crippen molar-refractivity contribution in [3.8, 4) is 10.4 Å². The van der Waals surface area contributed by atoms with Crippen molar-refractivity contribution in [1.29, 1.82) is 0 Å². The maximum atomic E-state index is 13.9. The Morgan fingerprint density at radius 2 is 1.51 bits per heavy atom. The molecule has 4 atom stereocenters. The molecule has 2 heterocycles. The predicted molar refractivity (Wildman–Crippen MR) is 208 cm³/mol. The van der Waals surface area contributed by atoms with E-state index >= 15 is 0 Å². The summed E-state index contributed by atoms with van der Waals surface area (Å²) in [6.07, 6.45) is -1.18. The Hall–Kier alpha value is -3.67. The van der Waals surface area contributed by atoms with E-state index in [0.717, 1.165) is 21.7 Å². The van der Waals surface area contributed by atoms with Crippen LogP contribution in [0.2, 0.25) is 0 Å². The number of hydrogen-bond donors (Lipinski definition) is 3. The van der Waals surface area contributed by atoms with Crippen LogP contribution in [0.15, 0.2) is 29.8 Å². The van der Waals surface area contributed by atoms with Crippen LogP contribution in [0.1, 0.15) is 72.2 Å². The maximum absolute atomic E-state index is 13.9. The maximum Gasteiger partial charge on any atom is 0.410 e. The summed E-state index contributed by atoms with van der Waals surface area (Å²) in [6, 6.07) is 5.70. The van der Waals surface area contributed by atoms with Gasteiger partial charge in [-0.3, -0.25) is 14.4 Å². The van der Waals surface area contributed by atoms with E-state index in [0.29, 0.717) is 39.6 Å². The van der Waals surface area contributed by atoms with Crippen molar-refractivity contribution < 1.29 is 48.0 Å². The van der Waals surface area contributed by atoms with Crippen LogP contribution < -0.4 is 10.6 Å². The van der Waals surface area contributed by atoms with Gasteiger partial charge in [0.2, 0.25) is 17.7 Å². The number of aliphatic hydroxyl groups excluding tert-OH is 1. The summed E-state index contributed by atoms with van der Waals surface area (Å²) in [5.74, 6) is -1.31. The molecule has 2 unspecified atom stereocenters. The van der Waals surface area contributed by atoms with Crippen molar-refractivity contribution in [1.82, 2.24) is 25.4 Å². The van der Waals surface area contributed by atoms with Gasteiger partial charge in [0.25, 0.3) is 0 Å². The molecule has 4 amide bonds. The van der Waals surface area contributed by atoms with Crippen LogP contribution in [-0.4, -0.2) is 140 Å². The molecule has 3 N–H and O–H groups in total. The van der Waals surface area contributed by atoms with Gasteiger partial charge in [0, 0.05) is 26.6 Å². The summed E-state index contributed by atoms with van der Waals surface area (Å²) >= 11 is 1.57. The molecule has 0 saturated carbocycles. The summed E-state index contributed by atoms with van der Waals surface area (Å²) < 4.78 is 27.3. The van der Waals surface area contributed by atoms with Crippen molar-refractivity contribution in [2.24, 2.45) is 5.41 Å². The second-order valence-electron chi connectivity index (χ2n) is 15.7. The number of hydrogen-bond acceptors (Lipinski definition) is 12. The summed E-state index contributed by atoms with van der Waals surface area (Å²) in [7, 11) is 1.65. The van der Waals surface area contributed by atoms with Gasteiger partial charge < -0.3 is 49.2 Å². The third kappa shape index (κ3) is 15.4. The number of aryl methyl sites for hydroxylation is 1. The van der Waals surface area contributed by atoms with Gasteiger partial charge in [-0.2, -0.15) is 0 Å². The molecule has 55 heavy (non-hydrogen) atoms. The minimum atomic E-state index is -0.965. The molecule has 3 rings (SSSR count). The van der Waals surface area contributed by atoms with E-state index in [1.165, 1.54) is 9.80 Å². The average Bonchev–Trinajstić information content (AvgIpc) is 3.72. The first-order chi connectivity index (χ1) is 25.9. The Morgan fingerprint density at radius 1 is 0.927 bits per heavy atom. The predicted octanol–water partition coefficient (Wildman–Crippen LogP) is 3.72. The molecule has 1 aliphatic heterocycles. The number of nitrogens with one attached hydrogen (secondary N) is 2. The van der Waals surface area contributed by atoms with E-state index in [2.05, 4.69) is 15.6 Å². The SMILES string of the molecule is Cc1ncsc1-c1ccc(C(C)NC(=O)[C@@H]2C[C@@H](O)CN2C(=O)C(NC(=O)COCCOCCOCCOCCN(C)C(=O)OC(C)(C)C)C(C)(C)C)cc1. The number of aliphatic hydroxyl groups is 1. The Labute approximate surface area is 329 Å². The number of amides is 4. The van der Waals surface area contributed by atoms with Crippen LogP contribution in [0.5, 0.6) is 0 Å². The van der Waals surface area contributed by atoms with Crippen molar-refractivity contribution in [2.75, 3.05) is 73.0 Å². The van der Waals surface area contributed by atoms with E-state index in [-0.39, 0.29) is 44.7 Å². The monoisotopic (exact) mass is 791 g/mol. The largest absolute Gasteiger partial charge is 0.444 e. The summed E-state index contributed by atoms with van der Waals surface area (Å²) in [4.78, 5) is 60.5. The molecule has 308 valence electrons. The van der Waals surface area contributed by atoms with Gasteiger partial charge in [-0.15, -0.1) is 11.3 Å². The van der Waals surface area contributed by atoms with Gasteiger partial charge in [0.15, 0.2) is 0 Å². The van der Waals surface area contributed by atoms with Gasteiger partial charge in [0.05, 0.1) is 74.5 Å². The fraction of sp³-hybridized carbons (Fsp3) is 0.667. The zero-order valence-electron chi connectivity index (χ0n) is 33.8. The first kappa shape index (κ1) is 45.7. The first-order valence-electron chi connectivity index (χ1n) is 18.7. The molecule has 16 heteroatoms.